The maximum atomic E-state index is 12.0. The van der Waals surface area contributed by atoms with Crippen molar-refractivity contribution < 1.29 is 9.21 Å². The summed E-state index contributed by atoms with van der Waals surface area (Å²) in [6.07, 6.45) is 1.56. The Morgan fingerprint density at radius 3 is 2.76 bits per heavy atom. The fourth-order valence-electron chi connectivity index (χ4n) is 2.60. The monoisotopic (exact) mass is 348 g/mol. The molecule has 4 nitrogen and oxygen atoms in total. The van der Waals surface area contributed by atoms with Crippen molar-refractivity contribution in [1.29, 1.82) is 0 Å². The van der Waals surface area contributed by atoms with Crippen molar-refractivity contribution >= 4 is 33.2 Å². The van der Waals surface area contributed by atoms with Gasteiger partial charge in [0.05, 0.1) is 17.4 Å². The molecule has 1 atom stereocenters. The van der Waals surface area contributed by atoms with E-state index in [-0.39, 0.29) is 11.9 Å². The Kier molecular flexibility index (Phi) is 4.01. The molecule has 21 heavy (non-hydrogen) atoms. The predicted molar refractivity (Wildman–Crippen MR) is 86.5 cm³/mol. The van der Waals surface area contributed by atoms with Crippen LogP contribution in [-0.4, -0.2) is 12.5 Å². The molecule has 1 aliphatic rings. The Balaban J connectivity index is 1.84. The number of nitrogens with zero attached hydrogens (tertiary/aromatic N) is 1. The van der Waals surface area contributed by atoms with Gasteiger partial charge in [-0.2, -0.15) is 0 Å². The van der Waals surface area contributed by atoms with Crippen LogP contribution in [0.3, 0.4) is 0 Å². The summed E-state index contributed by atoms with van der Waals surface area (Å²) in [5.41, 5.74) is 1.89. The highest BCUT2D eigenvalue weighted by Crippen LogP contribution is 2.32. The van der Waals surface area contributed by atoms with E-state index in [9.17, 15) is 4.79 Å². The van der Waals surface area contributed by atoms with Crippen molar-refractivity contribution in [2.45, 2.75) is 25.8 Å². The van der Waals surface area contributed by atoms with Gasteiger partial charge in [0.15, 0.2) is 4.67 Å². The normalized spacial score (nSPS) is 16.3. The van der Waals surface area contributed by atoms with Gasteiger partial charge in [-0.15, -0.1) is 0 Å². The van der Waals surface area contributed by atoms with Gasteiger partial charge in [-0.1, -0.05) is 12.1 Å². The van der Waals surface area contributed by atoms with Gasteiger partial charge in [0.25, 0.3) is 0 Å². The van der Waals surface area contributed by atoms with Crippen molar-refractivity contribution in [3.63, 3.8) is 0 Å². The van der Waals surface area contributed by atoms with Crippen LogP contribution in [0.5, 0.6) is 0 Å². The van der Waals surface area contributed by atoms with Crippen molar-refractivity contribution in [3.05, 3.63) is 46.8 Å². The molecule has 1 aromatic heterocycles. The Labute approximate surface area is 132 Å². The van der Waals surface area contributed by atoms with E-state index in [2.05, 4.69) is 21.2 Å². The quantitative estimate of drug-likeness (QED) is 0.893. The number of nitrogens with one attached hydrogen (secondary N) is 1. The molecule has 0 radical (unpaired) electrons. The van der Waals surface area contributed by atoms with Gasteiger partial charge in [0.1, 0.15) is 5.76 Å². The molecule has 5 heteroatoms. The summed E-state index contributed by atoms with van der Waals surface area (Å²) in [7, 11) is 0. The summed E-state index contributed by atoms with van der Waals surface area (Å²) in [5, 5.41) is 3.43. The number of para-hydroxylation sites is 2. The fourth-order valence-corrected chi connectivity index (χ4v) is 2.92. The molecule has 110 valence electrons. The molecule has 0 spiro atoms. The molecular formula is C16H17BrN2O2. The smallest absolute Gasteiger partial charge is 0.227 e. The lowest BCUT2D eigenvalue weighted by Gasteiger charge is -2.22. The number of hydrogen-bond donors (Lipinski definition) is 1. The van der Waals surface area contributed by atoms with Crippen molar-refractivity contribution in [2.75, 3.05) is 16.8 Å². The van der Waals surface area contributed by atoms with Crippen LogP contribution < -0.4 is 10.2 Å². The van der Waals surface area contributed by atoms with Crippen LogP contribution >= 0.6 is 15.9 Å². The van der Waals surface area contributed by atoms with Crippen LogP contribution in [0, 0.1) is 0 Å². The van der Waals surface area contributed by atoms with E-state index in [1.54, 1.807) is 0 Å². The number of halogens is 1. The molecule has 1 aromatic carbocycles. The highest BCUT2D eigenvalue weighted by atomic mass is 79.9. The second kappa shape index (κ2) is 5.93. The minimum Gasteiger partial charge on any atom is -0.452 e. The van der Waals surface area contributed by atoms with Gasteiger partial charge in [0, 0.05) is 13.0 Å². The first-order chi connectivity index (χ1) is 10.1. The number of benzene rings is 1. The third-order valence-corrected chi connectivity index (χ3v) is 4.09. The number of carbonyl (C=O) groups is 1. The maximum Gasteiger partial charge on any atom is 0.227 e. The first-order valence-corrected chi connectivity index (χ1v) is 7.85. The molecule has 3 rings (SSSR count). The summed E-state index contributed by atoms with van der Waals surface area (Å²) < 4.78 is 6.29. The van der Waals surface area contributed by atoms with Gasteiger partial charge in [-0.25, -0.2) is 0 Å². The third kappa shape index (κ3) is 2.97. The lowest BCUT2D eigenvalue weighted by Crippen LogP contribution is -2.25. The summed E-state index contributed by atoms with van der Waals surface area (Å²) in [4.78, 5) is 13.8. The summed E-state index contributed by atoms with van der Waals surface area (Å²) in [6.45, 7) is 2.83. The summed E-state index contributed by atoms with van der Waals surface area (Å²) in [5.74, 6) is 1.04. The van der Waals surface area contributed by atoms with Crippen molar-refractivity contribution in [2.24, 2.45) is 0 Å². The molecule has 0 saturated carbocycles. The van der Waals surface area contributed by atoms with Crippen LogP contribution in [0.25, 0.3) is 0 Å². The standard InChI is InChI=1S/C16H17BrN2O2/c1-11(14-8-9-15(17)21-14)18-12-5-2-3-6-13(12)19-10-4-7-16(19)20/h2-3,5-6,8-9,11,18H,4,7,10H2,1H3. The molecule has 1 unspecified atom stereocenters. The average Bonchev–Trinajstić information content (AvgIpc) is 3.08. The molecule has 1 saturated heterocycles. The van der Waals surface area contributed by atoms with E-state index < -0.39 is 0 Å². The Hall–Kier alpha value is -1.75. The van der Waals surface area contributed by atoms with Crippen LogP contribution in [0.15, 0.2) is 45.5 Å². The van der Waals surface area contributed by atoms with Crippen LogP contribution in [0.4, 0.5) is 11.4 Å². The SMILES string of the molecule is CC(Nc1ccccc1N1CCCC1=O)c1ccc(Br)o1. The molecule has 1 N–H and O–H groups in total. The fraction of sp³-hybridized carbons (Fsp3) is 0.312. The van der Waals surface area contributed by atoms with E-state index in [1.807, 2.05) is 48.2 Å². The van der Waals surface area contributed by atoms with E-state index in [0.29, 0.717) is 11.1 Å². The van der Waals surface area contributed by atoms with E-state index in [1.165, 1.54) is 0 Å². The number of furan rings is 1. The average molecular weight is 349 g/mol. The van der Waals surface area contributed by atoms with E-state index in [0.717, 1.165) is 30.1 Å². The second-order valence-corrected chi connectivity index (χ2v) is 5.96. The zero-order chi connectivity index (χ0) is 14.8. The van der Waals surface area contributed by atoms with Gasteiger partial charge in [0.2, 0.25) is 5.91 Å². The van der Waals surface area contributed by atoms with Crippen LogP contribution in [0.1, 0.15) is 31.6 Å². The highest BCUT2D eigenvalue weighted by Gasteiger charge is 2.24. The summed E-state index contributed by atoms with van der Waals surface area (Å²) >= 11 is 3.31. The lowest BCUT2D eigenvalue weighted by molar-refractivity contribution is -0.117. The molecule has 1 amide bonds. The van der Waals surface area contributed by atoms with Crippen molar-refractivity contribution in [1.82, 2.24) is 0 Å². The Morgan fingerprint density at radius 2 is 2.10 bits per heavy atom. The molecule has 2 heterocycles. The number of anilines is 2. The van der Waals surface area contributed by atoms with Crippen molar-refractivity contribution in [3.8, 4) is 0 Å². The molecule has 1 fully saturated rings. The summed E-state index contributed by atoms with van der Waals surface area (Å²) in [6, 6.07) is 11.7. The maximum absolute atomic E-state index is 12.0. The lowest BCUT2D eigenvalue weighted by atomic mass is 10.2. The predicted octanol–water partition coefficient (Wildman–Crippen LogP) is 4.34. The van der Waals surface area contributed by atoms with Crippen LogP contribution in [-0.2, 0) is 4.79 Å². The number of hydrogen-bond acceptors (Lipinski definition) is 3. The van der Waals surface area contributed by atoms with Gasteiger partial charge in [-0.3, -0.25) is 4.79 Å². The zero-order valence-corrected chi connectivity index (χ0v) is 13.4. The Morgan fingerprint density at radius 1 is 1.29 bits per heavy atom. The Bertz CT molecular complexity index is 653. The first kappa shape index (κ1) is 14.2. The number of rotatable bonds is 4. The topological polar surface area (TPSA) is 45.5 Å². The molecule has 2 aromatic rings. The van der Waals surface area contributed by atoms with Gasteiger partial charge >= 0.3 is 0 Å². The largest absolute Gasteiger partial charge is 0.452 e. The van der Waals surface area contributed by atoms with E-state index >= 15 is 0 Å². The second-order valence-electron chi connectivity index (χ2n) is 5.17. The molecule has 1 aliphatic heterocycles. The highest BCUT2D eigenvalue weighted by molar-refractivity contribution is 9.10. The van der Waals surface area contributed by atoms with Gasteiger partial charge in [-0.05, 0) is 53.5 Å². The zero-order valence-electron chi connectivity index (χ0n) is 11.8. The number of carbonyl (C=O) groups excluding carboxylic acids is 1. The molecule has 0 aliphatic carbocycles. The minimum atomic E-state index is 0.0233. The first-order valence-electron chi connectivity index (χ1n) is 7.06. The third-order valence-electron chi connectivity index (χ3n) is 3.66. The number of amides is 1. The van der Waals surface area contributed by atoms with Crippen LogP contribution in [0.2, 0.25) is 0 Å². The minimum absolute atomic E-state index is 0.0233. The molecule has 0 bridgehead atoms. The van der Waals surface area contributed by atoms with E-state index in [4.69, 9.17) is 4.42 Å². The van der Waals surface area contributed by atoms with Gasteiger partial charge < -0.3 is 14.6 Å². The molecular weight excluding hydrogens is 332 g/mol.